The second-order valence-electron chi connectivity index (χ2n) is 7.67. The van der Waals surface area contributed by atoms with Gasteiger partial charge in [0.1, 0.15) is 5.60 Å². The van der Waals surface area contributed by atoms with Gasteiger partial charge in [0.2, 0.25) is 0 Å². The van der Waals surface area contributed by atoms with Gasteiger partial charge < -0.3 is 20.1 Å². The SMILES string of the molecule is CN(Cc1ccccc1NCC(C)(C)CO)C(=O)OC(C)(C)C. The van der Waals surface area contributed by atoms with Gasteiger partial charge in [0.25, 0.3) is 0 Å². The number of aliphatic hydroxyl groups excluding tert-OH is 1. The van der Waals surface area contributed by atoms with Gasteiger partial charge in [-0.3, -0.25) is 0 Å². The molecule has 1 amide bonds. The van der Waals surface area contributed by atoms with Crippen LogP contribution in [0, 0.1) is 5.41 Å². The van der Waals surface area contributed by atoms with Gasteiger partial charge in [0.15, 0.2) is 0 Å². The fraction of sp³-hybridized carbons (Fsp3) is 0.611. The third-order valence-corrected chi connectivity index (χ3v) is 3.32. The molecule has 2 N–H and O–H groups in total. The van der Waals surface area contributed by atoms with E-state index in [4.69, 9.17) is 4.74 Å². The minimum Gasteiger partial charge on any atom is -0.444 e. The largest absolute Gasteiger partial charge is 0.444 e. The number of benzene rings is 1. The Kier molecular flexibility index (Phi) is 6.45. The number of carbonyl (C=O) groups excluding carboxylic acids is 1. The topological polar surface area (TPSA) is 61.8 Å². The summed E-state index contributed by atoms with van der Waals surface area (Å²) in [4.78, 5) is 13.6. The highest BCUT2D eigenvalue weighted by atomic mass is 16.6. The first kappa shape index (κ1) is 19.3. The Morgan fingerprint density at radius 1 is 1.22 bits per heavy atom. The zero-order valence-electron chi connectivity index (χ0n) is 15.1. The van der Waals surface area contributed by atoms with Gasteiger partial charge in [-0.25, -0.2) is 4.79 Å². The molecule has 0 aliphatic heterocycles. The summed E-state index contributed by atoms with van der Waals surface area (Å²) >= 11 is 0. The molecule has 0 aliphatic rings. The molecule has 1 aromatic carbocycles. The molecule has 5 heteroatoms. The molecule has 0 unspecified atom stereocenters. The number of anilines is 1. The van der Waals surface area contributed by atoms with Crippen molar-refractivity contribution in [1.29, 1.82) is 0 Å². The van der Waals surface area contributed by atoms with E-state index in [0.717, 1.165) is 11.3 Å². The predicted octanol–water partition coefficient (Wildman–Crippen LogP) is 3.48. The fourth-order valence-corrected chi connectivity index (χ4v) is 1.88. The van der Waals surface area contributed by atoms with Crippen molar-refractivity contribution in [1.82, 2.24) is 4.90 Å². The molecule has 0 fully saturated rings. The normalized spacial score (nSPS) is 12.0. The zero-order valence-corrected chi connectivity index (χ0v) is 15.1. The van der Waals surface area contributed by atoms with Crippen LogP contribution in [-0.2, 0) is 11.3 Å². The standard InChI is InChI=1S/C18H30N2O3/c1-17(2,3)23-16(22)20(6)11-14-9-7-8-10-15(14)19-12-18(4,5)13-21/h7-10,19,21H,11-13H2,1-6H3. The average molecular weight is 322 g/mol. The van der Waals surface area contributed by atoms with Gasteiger partial charge >= 0.3 is 6.09 Å². The van der Waals surface area contributed by atoms with Crippen LogP contribution in [0.25, 0.3) is 0 Å². The molecule has 0 heterocycles. The van der Waals surface area contributed by atoms with Crippen molar-refractivity contribution in [2.75, 3.05) is 25.5 Å². The lowest BCUT2D eigenvalue weighted by Gasteiger charge is -2.26. The summed E-state index contributed by atoms with van der Waals surface area (Å²) in [7, 11) is 1.72. The van der Waals surface area contributed by atoms with Crippen molar-refractivity contribution >= 4 is 11.8 Å². The number of para-hydroxylation sites is 1. The van der Waals surface area contributed by atoms with E-state index in [9.17, 15) is 9.90 Å². The quantitative estimate of drug-likeness (QED) is 0.841. The first-order chi connectivity index (χ1) is 10.5. The fourth-order valence-electron chi connectivity index (χ4n) is 1.88. The van der Waals surface area contributed by atoms with Crippen molar-refractivity contribution < 1.29 is 14.6 Å². The summed E-state index contributed by atoms with van der Waals surface area (Å²) in [6.45, 7) is 10.8. The van der Waals surface area contributed by atoms with Gasteiger partial charge in [-0.1, -0.05) is 32.0 Å². The lowest BCUT2D eigenvalue weighted by Crippen LogP contribution is -2.34. The molecule has 0 bridgehead atoms. The minimum atomic E-state index is -0.506. The maximum atomic E-state index is 12.1. The van der Waals surface area contributed by atoms with E-state index in [1.54, 1.807) is 11.9 Å². The van der Waals surface area contributed by atoms with Crippen LogP contribution in [0.2, 0.25) is 0 Å². The highest BCUT2D eigenvalue weighted by Gasteiger charge is 2.21. The van der Waals surface area contributed by atoms with E-state index >= 15 is 0 Å². The lowest BCUT2D eigenvalue weighted by molar-refractivity contribution is 0.0285. The summed E-state index contributed by atoms with van der Waals surface area (Å²) in [6.07, 6.45) is -0.344. The van der Waals surface area contributed by atoms with Crippen LogP contribution in [0.1, 0.15) is 40.2 Å². The van der Waals surface area contributed by atoms with Gasteiger partial charge in [-0.2, -0.15) is 0 Å². The second-order valence-corrected chi connectivity index (χ2v) is 7.67. The van der Waals surface area contributed by atoms with Crippen molar-refractivity contribution in [3.05, 3.63) is 29.8 Å². The molecule has 1 rings (SSSR count). The summed E-state index contributed by atoms with van der Waals surface area (Å²) in [6, 6.07) is 7.85. The van der Waals surface area contributed by atoms with E-state index in [-0.39, 0.29) is 18.1 Å². The molecule has 5 nitrogen and oxygen atoms in total. The molecular formula is C18H30N2O3. The molecule has 0 atom stereocenters. The average Bonchev–Trinajstić information content (AvgIpc) is 2.44. The third-order valence-electron chi connectivity index (χ3n) is 3.32. The van der Waals surface area contributed by atoms with Gasteiger partial charge in [0, 0.05) is 31.3 Å². The Morgan fingerprint density at radius 2 is 1.83 bits per heavy atom. The van der Waals surface area contributed by atoms with Crippen molar-refractivity contribution in [2.24, 2.45) is 5.41 Å². The number of nitrogens with one attached hydrogen (secondary N) is 1. The number of aliphatic hydroxyl groups is 1. The Bertz CT molecular complexity index is 521. The van der Waals surface area contributed by atoms with Crippen LogP contribution in [0.15, 0.2) is 24.3 Å². The number of hydrogen-bond acceptors (Lipinski definition) is 4. The number of rotatable bonds is 6. The second kappa shape index (κ2) is 7.68. The Balaban J connectivity index is 2.75. The maximum absolute atomic E-state index is 12.1. The van der Waals surface area contributed by atoms with Gasteiger partial charge in [-0.05, 0) is 32.4 Å². The molecular weight excluding hydrogens is 292 g/mol. The van der Waals surface area contributed by atoms with Crippen LogP contribution in [0.4, 0.5) is 10.5 Å². The van der Waals surface area contributed by atoms with E-state index < -0.39 is 5.60 Å². The summed E-state index contributed by atoms with van der Waals surface area (Å²) in [5.74, 6) is 0. The number of nitrogens with zero attached hydrogens (tertiary/aromatic N) is 1. The van der Waals surface area contributed by atoms with Gasteiger partial charge in [-0.15, -0.1) is 0 Å². The Labute approximate surface area is 139 Å². The summed E-state index contributed by atoms with van der Waals surface area (Å²) < 4.78 is 5.38. The highest BCUT2D eigenvalue weighted by molar-refractivity contribution is 5.68. The van der Waals surface area contributed by atoms with Crippen LogP contribution in [0.3, 0.4) is 0 Å². The molecule has 0 saturated carbocycles. The first-order valence-corrected chi connectivity index (χ1v) is 7.91. The minimum absolute atomic E-state index is 0.111. The van der Waals surface area contributed by atoms with Gasteiger partial charge in [0.05, 0.1) is 6.54 Å². The Hall–Kier alpha value is -1.75. The molecule has 0 aromatic heterocycles. The lowest BCUT2D eigenvalue weighted by atomic mass is 9.95. The summed E-state index contributed by atoms with van der Waals surface area (Å²) in [5.41, 5.74) is 1.26. The van der Waals surface area contributed by atoms with Crippen molar-refractivity contribution in [3.63, 3.8) is 0 Å². The molecule has 130 valence electrons. The Morgan fingerprint density at radius 3 is 2.39 bits per heavy atom. The molecule has 1 aromatic rings. The number of amides is 1. The third kappa shape index (κ3) is 6.91. The molecule has 0 spiro atoms. The van der Waals surface area contributed by atoms with E-state index in [2.05, 4.69) is 5.32 Å². The molecule has 0 saturated heterocycles. The zero-order chi connectivity index (χ0) is 17.7. The van der Waals surface area contributed by atoms with E-state index in [0.29, 0.717) is 13.1 Å². The number of ether oxygens (including phenoxy) is 1. The van der Waals surface area contributed by atoms with Crippen LogP contribution in [-0.4, -0.2) is 41.9 Å². The van der Waals surface area contributed by atoms with Crippen LogP contribution >= 0.6 is 0 Å². The molecule has 0 radical (unpaired) electrons. The van der Waals surface area contributed by atoms with Crippen molar-refractivity contribution in [2.45, 2.75) is 46.8 Å². The monoisotopic (exact) mass is 322 g/mol. The van der Waals surface area contributed by atoms with E-state index in [1.165, 1.54) is 0 Å². The van der Waals surface area contributed by atoms with Crippen LogP contribution < -0.4 is 5.32 Å². The highest BCUT2D eigenvalue weighted by Crippen LogP contribution is 2.21. The predicted molar refractivity (Wildman–Crippen MR) is 93.5 cm³/mol. The first-order valence-electron chi connectivity index (χ1n) is 7.91. The van der Waals surface area contributed by atoms with Crippen molar-refractivity contribution in [3.8, 4) is 0 Å². The maximum Gasteiger partial charge on any atom is 0.410 e. The van der Waals surface area contributed by atoms with E-state index in [1.807, 2.05) is 58.9 Å². The smallest absolute Gasteiger partial charge is 0.410 e. The van der Waals surface area contributed by atoms with Crippen LogP contribution in [0.5, 0.6) is 0 Å². The number of carbonyl (C=O) groups is 1. The number of hydrogen-bond donors (Lipinski definition) is 2. The molecule has 0 aliphatic carbocycles. The molecule has 23 heavy (non-hydrogen) atoms. The summed E-state index contributed by atoms with van der Waals surface area (Å²) in [5, 5.41) is 12.7.